The molecule has 1 aliphatic heterocycles. The summed E-state index contributed by atoms with van der Waals surface area (Å²) in [6.07, 6.45) is -15.8. The molecule has 0 fully saturated rings. The second kappa shape index (κ2) is 12.1. The summed E-state index contributed by atoms with van der Waals surface area (Å²) in [5.74, 6) is -2.21. The summed E-state index contributed by atoms with van der Waals surface area (Å²) in [6, 6.07) is 16.2. The van der Waals surface area contributed by atoms with E-state index in [9.17, 15) is 44.3 Å². The van der Waals surface area contributed by atoms with Crippen LogP contribution in [0.5, 0.6) is 11.5 Å². The highest BCUT2D eigenvalue weighted by atomic mass is 19.4. The highest BCUT2D eigenvalue weighted by Crippen LogP contribution is 2.40. The fraction of sp³-hybridized carbons (Fsp3) is 0.286. The molecule has 43 heavy (non-hydrogen) atoms. The Labute approximate surface area is 238 Å². The zero-order chi connectivity index (χ0) is 31.5. The third kappa shape index (κ3) is 8.32. The number of amides is 1. The summed E-state index contributed by atoms with van der Waals surface area (Å²) in [5, 5.41) is 5.69. The molecule has 1 aliphatic rings. The Morgan fingerprint density at radius 1 is 0.791 bits per heavy atom. The average molecular weight is 619 g/mol. The van der Waals surface area contributed by atoms with Crippen molar-refractivity contribution in [1.29, 1.82) is 0 Å². The SMILES string of the molecule is O=C(NCC(Cc1ccccc1)(c1cccc(OC(F)(F)F)c1)c1cccc(OC(F)(F)F)c1)C1CC(C(F)(F)F)=NN1. The van der Waals surface area contributed by atoms with Crippen LogP contribution in [0.1, 0.15) is 23.1 Å². The van der Waals surface area contributed by atoms with Gasteiger partial charge in [0.25, 0.3) is 0 Å². The van der Waals surface area contributed by atoms with E-state index < -0.39 is 66.4 Å². The van der Waals surface area contributed by atoms with Gasteiger partial charge >= 0.3 is 18.9 Å². The van der Waals surface area contributed by atoms with Crippen LogP contribution in [0.15, 0.2) is 84.0 Å². The fourth-order valence-electron chi connectivity index (χ4n) is 4.70. The van der Waals surface area contributed by atoms with Crippen LogP contribution in [0.3, 0.4) is 0 Å². The first-order chi connectivity index (χ1) is 20.0. The van der Waals surface area contributed by atoms with Crippen LogP contribution in [0, 0.1) is 0 Å². The van der Waals surface area contributed by atoms with Crippen molar-refractivity contribution < 1.29 is 53.8 Å². The first-order valence-corrected chi connectivity index (χ1v) is 12.5. The number of hydrogen-bond acceptors (Lipinski definition) is 5. The molecule has 3 aromatic carbocycles. The van der Waals surface area contributed by atoms with Gasteiger partial charge in [-0.3, -0.25) is 10.2 Å². The largest absolute Gasteiger partial charge is 0.573 e. The summed E-state index contributed by atoms with van der Waals surface area (Å²) in [7, 11) is 0. The van der Waals surface area contributed by atoms with Gasteiger partial charge in [-0.05, 0) is 47.4 Å². The van der Waals surface area contributed by atoms with E-state index in [1.807, 2.05) is 0 Å². The lowest BCUT2D eigenvalue weighted by atomic mass is 9.70. The van der Waals surface area contributed by atoms with Gasteiger partial charge in [-0.1, -0.05) is 54.6 Å². The van der Waals surface area contributed by atoms with Crippen LogP contribution in [-0.4, -0.2) is 43.1 Å². The number of alkyl halides is 9. The molecule has 2 N–H and O–H groups in total. The molecule has 0 aliphatic carbocycles. The first kappa shape index (κ1) is 31.5. The monoisotopic (exact) mass is 619 g/mol. The van der Waals surface area contributed by atoms with Crippen LogP contribution in [-0.2, 0) is 16.6 Å². The minimum atomic E-state index is -5.07. The Bertz CT molecular complexity index is 1400. The van der Waals surface area contributed by atoms with Gasteiger partial charge in [0.05, 0.1) is 0 Å². The minimum Gasteiger partial charge on any atom is -0.406 e. The van der Waals surface area contributed by atoms with E-state index in [2.05, 4.69) is 25.3 Å². The summed E-state index contributed by atoms with van der Waals surface area (Å²) in [5.41, 5.74) is 0.0748. The van der Waals surface area contributed by atoms with E-state index in [1.54, 1.807) is 30.3 Å². The normalized spacial score (nSPS) is 15.8. The van der Waals surface area contributed by atoms with Crippen LogP contribution < -0.4 is 20.2 Å². The number of benzene rings is 3. The zero-order valence-electron chi connectivity index (χ0n) is 21.8. The molecule has 3 aromatic rings. The molecular formula is C28H22F9N3O3. The van der Waals surface area contributed by atoms with Crippen molar-refractivity contribution in [3.05, 3.63) is 95.6 Å². The maximum absolute atomic E-state index is 13.1. The van der Waals surface area contributed by atoms with Crippen molar-refractivity contribution in [2.75, 3.05) is 6.54 Å². The van der Waals surface area contributed by atoms with Gasteiger partial charge in [-0.2, -0.15) is 18.3 Å². The molecule has 230 valence electrons. The first-order valence-electron chi connectivity index (χ1n) is 12.5. The zero-order valence-corrected chi connectivity index (χ0v) is 21.8. The molecule has 0 saturated carbocycles. The maximum atomic E-state index is 13.1. The highest BCUT2D eigenvalue weighted by Gasteiger charge is 2.43. The Kier molecular flexibility index (Phi) is 8.83. The van der Waals surface area contributed by atoms with E-state index in [0.717, 1.165) is 24.3 Å². The van der Waals surface area contributed by atoms with Crippen molar-refractivity contribution in [3.63, 3.8) is 0 Å². The molecule has 1 unspecified atom stereocenters. The van der Waals surface area contributed by atoms with Gasteiger partial charge in [-0.25, -0.2) is 0 Å². The molecule has 1 atom stereocenters. The van der Waals surface area contributed by atoms with Gasteiger partial charge in [0.1, 0.15) is 23.3 Å². The van der Waals surface area contributed by atoms with E-state index in [4.69, 9.17) is 0 Å². The Hall–Kier alpha value is -4.43. The summed E-state index contributed by atoms with van der Waals surface area (Å²) >= 11 is 0. The second-order valence-electron chi connectivity index (χ2n) is 9.56. The molecule has 0 bridgehead atoms. The lowest BCUT2D eigenvalue weighted by Gasteiger charge is -2.36. The molecule has 0 spiro atoms. The maximum Gasteiger partial charge on any atom is 0.573 e. The number of nitrogens with one attached hydrogen (secondary N) is 2. The second-order valence-corrected chi connectivity index (χ2v) is 9.56. The number of ether oxygens (including phenoxy) is 2. The smallest absolute Gasteiger partial charge is 0.406 e. The van der Waals surface area contributed by atoms with Crippen LogP contribution >= 0.6 is 0 Å². The molecule has 6 nitrogen and oxygen atoms in total. The Morgan fingerprint density at radius 2 is 1.33 bits per heavy atom. The number of carbonyl (C=O) groups is 1. The molecule has 1 heterocycles. The summed E-state index contributed by atoms with van der Waals surface area (Å²) in [6.45, 7) is -0.467. The number of hydrogen-bond donors (Lipinski definition) is 2. The Balaban J connectivity index is 1.80. The lowest BCUT2D eigenvalue weighted by Crippen LogP contribution is -2.48. The molecule has 1 amide bonds. The molecule has 0 saturated heterocycles. The van der Waals surface area contributed by atoms with Crippen molar-refractivity contribution in [1.82, 2.24) is 10.7 Å². The number of nitrogens with zero attached hydrogens (tertiary/aromatic N) is 1. The van der Waals surface area contributed by atoms with Crippen molar-refractivity contribution in [2.24, 2.45) is 5.10 Å². The third-order valence-electron chi connectivity index (χ3n) is 6.55. The van der Waals surface area contributed by atoms with Gasteiger partial charge in [0, 0.05) is 18.4 Å². The molecule has 0 radical (unpaired) electrons. The van der Waals surface area contributed by atoms with Crippen molar-refractivity contribution in [2.45, 2.75) is 43.2 Å². The Morgan fingerprint density at radius 3 is 1.79 bits per heavy atom. The van der Waals surface area contributed by atoms with E-state index in [0.29, 0.717) is 5.56 Å². The third-order valence-corrected chi connectivity index (χ3v) is 6.55. The van der Waals surface area contributed by atoms with Gasteiger partial charge in [0.15, 0.2) is 0 Å². The number of rotatable bonds is 9. The van der Waals surface area contributed by atoms with Crippen molar-refractivity contribution >= 4 is 11.6 Å². The predicted octanol–water partition coefficient (Wildman–Crippen LogP) is 6.41. The standard InChI is InChI=1S/C28H22F9N3O3/c29-26(30,31)23-14-22(39-40-23)24(41)38-16-25(15-17-6-2-1-3-7-17,18-8-4-10-20(12-18)42-27(32,33)34)19-9-5-11-21(13-19)43-28(35,36)37/h1-13,22,39H,14-16H2,(H,38,41). The predicted molar refractivity (Wildman–Crippen MR) is 135 cm³/mol. The van der Waals surface area contributed by atoms with E-state index in [-0.39, 0.29) is 17.5 Å². The molecule has 0 aromatic heterocycles. The van der Waals surface area contributed by atoms with Crippen LogP contribution in [0.4, 0.5) is 39.5 Å². The molecular weight excluding hydrogens is 597 g/mol. The fourth-order valence-corrected chi connectivity index (χ4v) is 4.70. The average Bonchev–Trinajstić information content (AvgIpc) is 3.41. The number of carbonyl (C=O) groups excluding carboxylic acids is 1. The number of hydrazone groups is 1. The topological polar surface area (TPSA) is 72.0 Å². The molecule has 15 heteroatoms. The molecule has 4 rings (SSSR count). The number of halogens is 9. The van der Waals surface area contributed by atoms with E-state index in [1.165, 1.54) is 24.3 Å². The van der Waals surface area contributed by atoms with Gasteiger partial charge in [-0.15, -0.1) is 26.3 Å². The quantitative estimate of drug-likeness (QED) is 0.272. The van der Waals surface area contributed by atoms with Crippen molar-refractivity contribution in [3.8, 4) is 11.5 Å². The van der Waals surface area contributed by atoms with Gasteiger partial charge < -0.3 is 14.8 Å². The minimum absolute atomic E-state index is 0.0819. The summed E-state index contributed by atoms with van der Waals surface area (Å²) < 4.78 is 126. The summed E-state index contributed by atoms with van der Waals surface area (Å²) in [4.78, 5) is 13.0. The lowest BCUT2D eigenvalue weighted by molar-refractivity contribution is -0.275. The highest BCUT2D eigenvalue weighted by molar-refractivity contribution is 5.97. The van der Waals surface area contributed by atoms with Crippen LogP contribution in [0.25, 0.3) is 0 Å². The van der Waals surface area contributed by atoms with Crippen LogP contribution in [0.2, 0.25) is 0 Å². The van der Waals surface area contributed by atoms with Gasteiger partial charge in [0.2, 0.25) is 5.91 Å². The van der Waals surface area contributed by atoms with E-state index >= 15 is 0 Å².